The summed E-state index contributed by atoms with van der Waals surface area (Å²) in [6, 6.07) is 29.5. The Bertz CT molecular complexity index is 1420. The number of nitrogens with one attached hydrogen (secondary N) is 2. The summed E-state index contributed by atoms with van der Waals surface area (Å²) in [6.07, 6.45) is -0.00529. The third-order valence-corrected chi connectivity index (χ3v) is 7.57. The van der Waals surface area contributed by atoms with E-state index >= 15 is 0 Å². The smallest absolute Gasteiger partial charge is 0.127 e. The van der Waals surface area contributed by atoms with E-state index in [9.17, 15) is 0 Å². The predicted molar refractivity (Wildman–Crippen MR) is 206 cm³/mol. The van der Waals surface area contributed by atoms with Gasteiger partial charge < -0.3 is 43.8 Å². The van der Waals surface area contributed by atoms with Crippen LogP contribution in [-0.4, -0.2) is 104 Å². The molecule has 0 amide bonds. The van der Waals surface area contributed by atoms with Crippen LogP contribution in [0, 0.1) is 0 Å². The zero-order chi connectivity index (χ0) is 35.1. The van der Waals surface area contributed by atoms with E-state index in [1.165, 1.54) is 10.8 Å². The summed E-state index contributed by atoms with van der Waals surface area (Å²) in [4.78, 5) is 0. The van der Waals surface area contributed by atoms with E-state index in [1.807, 2.05) is 48.5 Å². The molecule has 0 aliphatic carbocycles. The number of hydrogen-bond donors (Lipinski definition) is 2. The van der Waals surface area contributed by atoms with Crippen molar-refractivity contribution in [3.8, 4) is 11.5 Å². The van der Waals surface area contributed by atoms with Crippen molar-refractivity contribution in [2.24, 2.45) is 0 Å². The van der Waals surface area contributed by atoms with Gasteiger partial charge in [0.1, 0.15) is 36.9 Å². The average molecular weight is 695 g/mol. The molecule has 0 bridgehead atoms. The molecule has 2 atom stereocenters. The van der Waals surface area contributed by atoms with Crippen LogP contribution in [0.15, 0.2) is 84.9 Å². The van der Waals surface area contributed by atoms with Crippen LogP contribution in [0.5, 0.6) is 11.5 Å². The fourth-order valence-corrected chi connectivity index (χ4v) is 4.86. The van der Waals surface area contributed by atoms with Crippen molar-refractivity contribution >= 4 is 21.5 Å². The van der Waals surface area contributed by atoms with Crippen LogP contribution in [0.25, 0.3) is 21.5 Å². The number of rotatable bonds is 23. The summed E-state index contributed by atoms with van der Waals surface area (Å²) in [7, 11) is 3.38. The number of benzene rings is 4. The molecule has 278 valence electrons. The van der Waals surface area contributed by atoms with Gasteiger partial charge in [-0.15, -0.1) is 0 Å². The Balaban J connectivity index is 0.000000362. The van der Waals surface area contributed by atoms with Gasteiger partial charge in [0.2, 0.25) is 0 Å². The van der Waals surface area contributed by atoms with E-state index < -0.39 is 0 Å². The molecule has 4 rings (SSSR count). The van der Waals surface area contributed by atoms with Crippen molar-refractivity contribution in [2.45, 2.75) is 59.4 Å². The van der Waals surface area contributed by atoms with Crippen LogP contribution in [0.3, 0.4) is 0 Å². The molecule has 9 heteroatoms. The summed E-state index contributed by atoms with van der Waals surface area (Å²) >= 11 is 0. The summed E-state index contributed by atoms with van der Waals surface area (Å²) in [5, 5.41) is 11.4. The number of hydrogen-bond acceptors (Lipinski definition) is 9. The SMILES string of the molecule is C.COCCOCCOCCO[C@@H](CNC(C)C)COc1cccc2ccccc12.CO[C@@H](CNC(C)C)COc1cccc2ccccc12. The first-order valence-electron chi connectivity index (χ1n) is 17.4. The first kappa shape index (κ1) is 42.9. The van der Waals surface area contributed by atoms with Crippen molar-refractivity contribution in [1.29, 1.82) is 0 Å². The third-order valence-electron chi connectivity index (χ3n) is 7.57. The van der Waals surface area contributed by atoms with Gasteiger partial charge in [0.15, 0.2) is 0 Å². The zero-order valence-electron chi connectivity index (χ0n) is 30.3. The van der Waals surface area contributed by atoms with E-state index in [0.29, 0.717) is 64.9 Å². The monoisotopic (exact) mass is 694 g/mol. The summed E-state index contributed by atoms with van der Waals surface area (Å²) in [5.74, 6) is 1.79. The third kappa shape index (κ3) is 16.6. The average Bonchev–Trinajstić information content (AvgIpc) is 3.12. The molecule has 4 aromatic carbocycles. The molecule has 50 heavy (non-hydrogen) atoms. The fraction of sp³-hybridized carbons (Fsp3) is 0.512. The molecule has 0 saturated carbocycles. The molecule has 4 aromatic rings. The lowest BCUT2D eigenvalue weighted by atomic mass is 10.1. The second-order valence-electron chi connectivity index (χ2n) is 12.3. The molecule has 0 aliphatic rings. The lowest BCUT2D eigenvalue weighted by Gasteiger charge is -2.21. The normalized spacial score (nSPS) is 12.4. The van der Waals surface area contributed by atoms with Gasteiger partial charge in [-0.25, -0.2) is 0 Å². The fourth-order valence-electron chi connectivity index (χ4n) is 4.86. The van der Waals surface area contributed by atoms with Gasteiger partial charge in [0.25, 0.3) is 0 Å². The largest absolute Gasteiger partial charge is 0.490 e. The topological polar surface area (TPSA) is 88.7 Å². The van der Waals surface area contributed by atoms with Gasteiger partial charge in [-0.1, -0.05) is 108 Å². The highest BCUT2D eigenvalue weighted by atomic mass is 16.6. The van der Waals surface area contributed by atoms with Crippen molar-refractivity contribution in [1.82, 2.24) is 10.6 Å². The van der Waals surface area contributed by atoms with Gasteiger partial charge in [-0.3, -0.25) is 0 Å². The van der Waals surface area contributed by atoms with Gasteiger partial charge in [0.05, 0.1) is 39.6 Å². The summed E-state index contributed by atoms with van der Waals surface area (Å²) in [5.41, 5.74) is 0. The van der Waals surface area contributed by atoms with Gasteiger partial charge in [-0.05, 0) is 22.9 Å². The first-order valence-corrected chi connectivity index (χ1v) is 17.4. The Labute approximate surface area is 300 Å². The minimum atomic E-state index is -0.0575. The van der Waals surface area contributed by atoms with Crippen LogP contribution in [-0.2, 0) is 23.7 Å². The van der Waals surface area contributed by atoms with E-state index in [4.69, 9.17) is 33.2 Å². The van der Waals surface area contributed by atoms with Gasteiger partial charge in [-0.2, -0.15) is 0 Å². The second-order valence-corrected chi connectivity index (χ2v) is 12.3. The van der Waals surface area contributed by atoms with E-state index in [0.717, 1.165) is 35.4 Å². The van der Waals surface area contributed by atoms with Crippen molar-refractivity contribution in [2.75, 3.05) is 80.2 Å². The highest BCUT2D eigenvalue weighted by Crippen LogP contribution is 2.26. The maximum absolute atomic E-state index is 6.11. The maximum Gasteiger partial charge on any atom is 0.127 e. The van der Waals surface area contributed by atoms with E-state index in [2.05, 4.69) is 74.7 Å². The minimum Gasteiger partial charge on any atom is -0.490 e. The molecule has 9 nitrogen and oxygen atoms in total. The van der Waals surface area contributed by atoms with Crippen LogP contribution in [0.4, 0.5) is 0 Å². The molecule has 0 unspecified atom stereocenters. The predicted octanol–water partition coefficient (Wildman–Crippen LogP) is 7.15. The highest BCUT2D eigenvalue weighted by Gasteiger charge is 2.13. The molecule has 0 spiro atoms. The van der Waals surface area contributed by atoms with Crippen LogP contribution in [0.1, 0.15) is 35.1 Å². The van der Waals surface area contributed by atoms with Crippen molar-refractivity contribution in [3.63, 3.8) is 0 Å². The Morgan fingerprint density at radius 3 is 1.46 bits per heavy atom. The molecular weight excluding hydrogens is 632 g/mol. The van der Waals surface area contributed by atoms with Crippen molar-refractivity contribution < 1.29 is 33.2 Å². The standard InChI is InChI=1S/C23H35NO5.C17H23NO2.CH4/c1-19(2)24-17-21(28-16-15-27-14-13-26-12-11-25-3)18-29-23-10-6-8-20-7-4-5-9-22(20)23;1-13(2)18-11-15(19-3)12-20-17-10-6-8-14-7-4-5-9-16(14)17;/h4-10,19,21,24H,11-18H2,1-3H3;4-10,13,15,18H,11-12H2,1-3H3;1H4/t21-;15-;/m00./s1. The summed E-state index contributed by atoms with van der Waals surface area (Å²) in [6.45, 7) is 14.4. The maximum atomic E-state index is 6.11. The Hall–Kier alpha value is -3.28. The Morgan fingerprint density at radius 1 is 0.520 bits per heavy atom. The Morgan fingerprint density at radius 2 is 0.960 bits per heavy atom. The van der Waals surface area contributed by atoms with E-state index in [1.54, 1.807) is 14.2 Å². The van der Waals surface area contributed by atoms with Crippen molar-refractivity contribution in [3.05, 3.63) is 84.9 Å². The van der Waals surface area contributed by atoms with Crippen LogP contribution >= 0.6 is 0 Å². The minimum absolute atomic E-state index is 0. The molecule has 0 aromatic heterocycles. The van der Waals surface area contributed by atoms with Crippen LogP contribution < -0.4 is 20.1 Å². The molecule has 0 aliphatic heterocycles. The molecular formula is C41H62N2O7. The second kappa shape index (κ2) is 25.6. The highest BCUT2D eigenvalue weighted by molar-refractivity contribution is 5.88. The van der Waals surface area contributed by atoms with Gasteiger partial charge >= 0.3 is 0 Å². The molecule has 0 radical (unpaired) electrons. The van der Waals surface area contributed by atoms with E-state index in [-0.39, 0.29) is 19.6 Å². The van der Waals surface area contributed by atoms with Gasteiger partial charge in [0, 0.05) is 50.2 Å². The number of methoxy groups -OCH3 is 2. The molecule has 2 N–H and O–H groups in total. The number of fused-ring (bicyclic) bond motifs is 2. The quantitative estimate of drug-likeness (QED) is 0.0787. The summed E-state index contributed by atoms with van der Waals surface area (Å²) < 4.78 is 39.3. The number of ether oxygens (including phenoxy) is 7. The zero-order valence-corrected chi connectivity index (χ0v) is 30.3. The molecule has 0 heterocycles. The Kier molecular flexibility index (Phi) is 22.0. The molecule has 0 fully saturated rings. The molecule has 0 saturated heterocycles. The van der Waals surface area contributed by atoms with Crippen LogP contribution in [0.2, 0.25) is 0 Å². The lowest BCUT2D eigenvalue weighted by molar-refractivity contribution is -0.0274. The first-order chi connectivity index (χ1) is 23.9. The lowest BCUT2D eigenvalue weighted by Crippen LogP contribution is -2.37.